The molecular formula is C17H27BrN2. The van der Waals surface area contributed by atoms with E-state index in [-0.39, 0.29) is 0 Å². The highest BCUT2D eigenvalue weighted by Crippen LogP contribution is 2.19. The molecule has 2 nitrogen and oxygen atoms in total. The van der Waals surface area contributed by atoms with Gasteiger partial charge < -0.3 is 5.32 Å². The minimum absolute atomic E-state index is 0.826. The van der Waals surface area contributed by atoms with Crippen LogP contribution in [0.15, 0.2) is 22.7 Å². The van der Waals surface area contributed by atoms with Gasteiger partial charge in [0.25, 0.3) is 0 Å². The highest BCUT2D eigenvalue weighted by Gasteiger charge is 2.16. The number of rotatable bonds is 6. The van der Waals surface area contributed by atoms with E-state index in [9.17, 15) is 0 Å². The van der Waals surface area contributed by atoms with E-state index < -0.39 is 0 Å². The molecule has 1 N–H and O–H groups in total. The van der Waals surface area contributed by atoms with Gasteiger partial charge in [-0.2, -0.15) is 0 Å². The Kier molecular flexibility index (Phi) is 6.53. The second-order valence-electron chi connectivity index (χ2n) is 6.03. The zero-order valence-electron chi connectivity index (χ0n) is 12.8. The summed E-state index contributed by atoms with van der Waals surface area (Å²) in [5.41, 5.74) is 2.77. The molecule has 1 fully saturated rings. The van der Waals surface area contributed by atoms with Crippen molar-refractivity contribution >= 4 is 15.9 Å². The minimum Gasteiger partial charge on any atom is -0.316 e. The third-order valence-electron chi connectivity index (χ3n) is 4.08. The van der Waals surface area contributed by atoms with E-state index in [1.807, 2.05) is 0 Å². The molecule has 1 unspecified atom stereocenters. The van der Waals surface area contributed by atoms with Gasteiger partial charge in [0.05, 0.1) is 0 Å². The summed E-state index contributed by atoms with van der Waals surface area (Å²) in [5.74, 6) is 0.826. The Morgan fingerprint density at radius 2 is 2.25 bits per heavy atom. The summed E-state index contributed by atoms with van der Waals surface area (Å²) in [4.78, 5) is 2.63. The molecule has 112 valence electrons. The van der Waals surface area contributed by atoms with Crippen LogP contribution in [-0.2, 0) is 6.54 Å². The first kappa shape index (κ1) is 16.0. The van der Waals surface area contributed by atoms with Gasteiger partial charge >= 0.3 is 0 Å². The van der Waals surface area contributed by atoms with Gasteiger partial charge in [0.2, 0.25) is 0 Å². The van der Waals surface area contributed by atoms with Crippen molar-refractivity contribution in [2.75, 3.05) is 26.2 Å². The molecule has 1 aliphatic heterocycles. The van der Waals surface area contributed by atoms with Crippen LogP contribution in [-0.4, -0.2) is 31.1 Å². The van der Waals surface area contributed by atoms with E-state index in [1.165, 1.54) is 61.0 Å². The summed E-state index contributed by atoms with van der Waals surface area (Å²) in [7, 11) is 0. The van der Waals surface area contributed by atoms with E-state index in [2.05, 4.69) is 58.2 Å². The maximum absolute atomic E-state index is 3.58. The third kappa shape index (κ3) is 4.87. The summed E-state index contributed by atoms with van der Waals surface area (Å²) in [6.45, 7) is 10.4. The molecule has 0 radical (unpaired) electrons. The molecule has 1 saturated heterocycles. The van der Waals surface area contributed by atoms with Gasteiger partial charge in [-0.1, -0.05) is 35.0 Å². The largest absolute Gasteiger partial charge is 0.316 e. The fraction of sp³-hybridized carbons (Fsp3) is 0.647. The lowest BCUT2D eigenvalue weighted by atomic mass is 9.98. The number of hydrogen-bond acceptors (Lipinski definition) is 2. The molecule has 20 heavy (non-hydrogen) atoms. The van der Waals surface area contributed by atoms with Crippen LogP contribution >= 0.6 is 15.9 Å². The zero-order valence-corrected chi connectivity index (χ0v) is 14.4. The Hall–Kier alpha value is -0.380. The minimum atomic E-state index is 0.826. The van der Waals surface area contributed by atoms with Crippen LogP contribution in [0.25, 0.3) is 0 Å². The maximum atomic E-state index is 3.58. The van der Waals surface area contributed by atoms with Crippen LogP contribution in [0.2, 0.25) is 0 Å². The molecule has 1 aliphatic rings. The lowest BCUT2D eigenvalue weighted by Crippen LogP contribution is -2.38. The first-order valence-electron chi connectivity index (χ1n) is 7.87. The number of aryl methyl sites for hydroxylation is 1. The molecule has 0 aliphatic carbocycles. The highest BCUT2D eigenvalue weighted by atomic mass is 79.9. The Labute approximate surface area is 132 Å². The third-order valence-corrected chi connectivity index (χ3v) is 4.97. The molecule has 0 aromatic heterocycles. The molecule has 0 saturated carbocycles. The molecule has 0 amide bonds. The summed E-state index contributed by atoms with van der Waals surface area (Å²) >= 11 is 3.58. The zero-order chi connectivity index (χ0) is 14.4. The first-order chi connectivity index (χ1) is 9.69. The molecule has 0 spiro atoms. The van der Waals surface area contributed by atoms with Crippen molar-refractivity contribution in [3.05, 3.63) is 33.8 Å². The van der Waals surface area contributed by atoms with Crippen LogP contribution in [0.5, 0.6) is 0 Å². The van der Waals surface area contributed by atoms with E-state index in [0.29, 0.717) is 0 Å². The monoisotopic (exact) mass is 338 g/mol. The number of piperidine rings is 1. The molecule has 0 bridgehead atoms. The van der Waals surface area contributed by atoms with Gasteiger partial charge in [0, 0.05) is 17.6 Å². The fourth-order valence-corrected chi connectivity index (χ4v) is 3.31. The number of nitrogens with zero attached hydrogens (tertiary/aromatic N) is 1. The molecule has 1 aromatic carbocycles. The SMILES string of the molecule is CCCN(Cc1ccc(Br)c(C)c1)CC1CCCNC1. The molecule has 1 aromatic rings. The average molecular weight is 339 g/mol. The predicted molar refractivity (Wildman–Crippen MR) is 90.0 cm³/mol. The Balaban J connectivity index is 1.94. The van der Waals surface area contributed by atoms with Gasteiger partial charge in [0.15, 0.2) is 0 Å². The number of benzene rings is 1. The average Bonchev–Trinajstić information content (AvgIpc) is 2.44. The Bertz CT molecular complexity index is 413. The number of hydrogen-bond donors (Lipinski definition) is 1. The topological polar surface area (TPSA) is 15.3 Å². The van der Waals surface area contributed by atoms with Crippen molar-refractivity contribution in [3.8, 4) is 0 Å². The van der Waals surface area contributed by atoms with Crippen LogP contribution in [0.1, 0.15) is 37.3 Å². The smallest absolute Gasteiger partial charge is 0.0233 e. The lowest BCUT2D eigenvalue weighted by molar-refractivity contribution is 0.201. The van der Waals surface area contributed by atoms with Gasteiger partial charge in [-0.25, -0.2) is 0 Å². The molecular weight excluding hydrogens is 312 g/mol. The van der Waals surface area contributed by atoms with Crippen LogP contribution < -0.4 is 5.32 Å². The predicted octanol–water partition coefficient (Wildman–Crippen LogP) is 3.97. The van der Waals surface area contributed by atoms with Crippen LogP contribution in [0.3, 0.4) is 0 Å². The van der Waals surface area contributed by atoms with Crippen molar-refractivity contribution in [1.82, 2.24) is 10.2 Å². The standard InChI is InChI=1S/C17H27BrN2/c1-3-9-20(13-16-5-4-8-19-11-16)12-15-6-7-17(18)14(2)10-15/h6-7,10,16,19H,3-5,8-9,11-13H2,1-2H3. The second-order valence-corrected chi connectivity index (χ2v) is 6.89. The van der Waals surface area contributed by atoms with Gasteiger partial charge in [-0.15, -0.1) is 0 Å². The van der Waals surface area contributed by atoms with Crippen LogP contribution in [0, 0.1) is 12.8 Å². The summed E-state index contributed by atoms with van der Waals surface area (Å²) in [5, 5.41) is 3.53. The van der Waals surface area contributed by atoms with Gasteiger partial charge in [0.1, 0.15) is 0 Å². The molecule has 1 heterocycles. The Morgan fingerprint density at radius 1 is 1.40 bits per heavy atom. The molecule has 1 atom stereocenters. The van der Waals surface area contributed by atoms with E-state index >= 15 is 0 Å². The normalized spacial score (nSPS) is 19.5. The fourth-order valence-electron chi connectivity index (χ4n) is 3.06. The van der Waals surface area contributed by atoms with Crippen molar-refractivity contribution in [2.24, 2.45) is 5.92 Å². The van der Waals surface area contributed by atoms with E-state index in [4.69, 9.17) is 0 Å². The quantitative estimate of drug-likeness (QED) is 0.844. The maximum Gasteiger partial charge on any atom is 0.0233 e. The number of nitrogens with one attached hydrogen (secondary N) is 1. The van der Waals surface area contributed by atoms with E-state index in [0.717, 1.165) is 12.5 Å². The van der Waals surface area contributed by atoms with Crippen molar-refractivity contribution < 1.29 is 0 Å². The van der Waals surface area contributed by atoms with Crippen molar-refractivity contribution in [3.63, 3.8) is 0 Å². The summed E-state index contributed by atoms with van der Waals surface area (Å²) in [6.07, 6.45) is 3.95. The van der Waals surface area contributed by atoms with E-state index in [1.54, 1.807) is 0 Å². The lowest BCUT2D eigenvalue weighted by Gasteiger charge is -2.30. The van der Waals surface area contributed by atoms with Crippen molar-refractivity contribution in [2.45, 2.75) is 39.7 Å². The summed E-state index contributed by atoms with van der Waals surface area (Å²) in [6, 6.07) is 6.74. The van der Waals surface area contributed by atoms with Crippen molar-refractivity contribution in [1.29, 1.82) is 0 Å². The summed E-state index contributed by atoms with van der Waals surface area (Å²) < 4.78 is 1.21. The molecule has 2 rings (SSSR count). The molecule has 3 heteroatoms. The van der Waals surface area contributed by atoms with Gasteiger partial charge in [-0.3, -0.25) is 4.90 Å². The van der Waals surface area contributed by atoms with Gasteiger partial charge in [-0.05, 0) is 68.9 Å². The number of halogens is 1. The van der Waals surface area contributed by atoms with Crippen LogP contribution in [0.4, 0.5) is 0 Å². The highest BCUT2D eigenvalue weighted by molar-refractivity contribution is 9.10. The second kappa shape index (κ2) is 8.16. The Morgan fingerprint density at radius 3 is 2.90 bits per heavy atom. The first-order valence-corrected chi connectivity index (χ1v) is 8.66.